The molecule has 104 valence electrons. The summed E-state index contributed by atoms with van der Waals surface area (Å²) in [5.74, 6) is 0.590. The van der Waals surface area contributed by atoms with Gasteiger partial charge >= 0.3 is 6.03 Å². The van der Waals surface area contributed by atoms with Crippen molar-refractivity contribution in [3.05, 3.63) is 29.3 Å². The van der Waals surface area contributed by atoms with E-state index in [1.165, 1.54) is 0 Å². The third-order valence-corrected chi connectivity index (χ3v) is 3.74. The number of benzene rings is 1. The monoisotopic (exact) mass is 281 g/mol. The van der Waals surface area contributed by atoms with Crippen LogP contribution in [0.2, 0.25) is 5.02 Å². The normalized spacial score (nSPS) is 17.2. The van der Waals surface area contributed by atoms with E-state index in [2.05, 4.69) is 22.6 Å². The molecule has 0 bridgehead atoms. The van der Waals surface area contributed by atoms with Crippen molar-refractivity contribution in [1.29, 1.82) is 0 Å². The molecule has 4 nitrogen and oxygen atoms in total. The number of halogens is 1. The fourth-order valence-corrected chi connectivity index (χ4v) is 2.34. The number of carbonyl (C=O) groups is 1. The maximum absolute atomic E-state index is 11.7. The van der Waals surface area contributed by atoms with Crippen LogP contribution in [0.15, 0.2) is 24.3 Å². The topological polar surface area (TPSA) is 44.4 Å². The quantitative estimate of drug-likeness (QED) is 0.895. The minimum Gasteiger partial charge on any atom is -0.338 e. The molecular formula is C14H20ClN3O. The molecule has 1 aromatic rings. The minimum atomic E-state index is -0.152. The molecule has 1 saturated heterocycles. The van der Waals surface area contributed by atoms with Crippen LogP contribution >= 0.6 is 11.6 Å². The zero-order valence-electron chi connectivity index (χ0n) is 11.2. The first kappa shape index (κ1) is 14.2. The van der Waals surface area contributed by atoms with Crippen LogP contribution in [0, 0.1) is 5.92 Å². The number of rotatable bonds is 3. The molecule has 0 spiro atoms. The standard InChI is InChI=1S/C14H20ClN3O/c1-18-8-6-11(7-9-18)10-16-14(19)17-13-4-2-12(15)3-5-13/h2-5,11H,6-10H2,1H3,(H2,16,17,19). The third-order valence-electron chi connectivity index (χ3n) is 3.49. The van der Waals surface area contributed by atoms with Crippen molar-refractivity contribution in [3.63, 3.8) is 0 Å². The Hall–Kier alpha value is -1.26. The minimum absolute atomic E-state index is 0.152. The first-order chi connectivity index (χ1) is 9.13. The number of anilines is 1. The molecule has 2 N–H and O–H groups in total. The van der Waals surface area contributed by atoms with E-state index >= 15 is 0 Å². The predicted octanol–water partition coefficient (Wildman–Crippen LogP) is 2.80. The van der Waals surface area contributed by atoms with Gasteiger partial charge in [0.1, 0.15) is 0 Å². The second kappa shape index (κ2) is 6.78. The zero-order chi connectivity index (χ0) is 13.7. The largest absolute Gasteiger partial charge is 0.338 e. The van der Waals surface area contributed by atoms with Gasteiger partial charge in [0, 0.05) is 17.3 Å². The number of hydrogen-bond donors (Lipinski definition) is 2. The summed E-state index contributed by atoms with van der Waals surface area (Å²) in [5, 5.41) is 6.39. The van der Waals surface area contributed by atoms with Crippen molar-refractivity contribution < 1.29 is 4.79 Å². The Labute approximate surface area is 119 Å². The van der Waals surface area contributed by atoms with Crippen molar-refractivity contribution in [2.45, 2.75) is 12.8 Å². The van der Waals surface area contributed by atoms with Crippen LogP contribution in [-0.2, 0) is 0 Å². The van der Waals surface area contributed by atoms with Gasteiger partial charge in [-0.15, -0.1) is 0 Å². The molecule has 1 aliphatic heterocycles. The molecule has 5 heteroatoms. The SMILES string of the molecule is CN1CCC(CNC(=O)Nc2ccc(Cl)cc2)CC1. The lowest BCUT2D eigenvalue weighted by Crippen LogP contribution is -2.38. The van der Waals surface area contributed by atoms with Crippen LogP contribution < -0.4 is 10.6 Å². The van der Waals surface area contributed by atoms with E-state index in [4.69, 9.17) is 11.6 Å². The van der Waals surface area contributed by atoms with E-state index in [0.717, 1.165) is 38.2 Å². The van der Waals surface area contributed by atoms with E-state index < -0.39 is 0 Å². The number of nitrogens with one attached hydrogen (secondary N) is 2. The third kappa shape index (κ3) is 4.73. The van der Waals surface area contributed by atoms with Crippen molar-refractivity contribution in [2.75, 3.05) is 32.0 Å². The molecular weight excluding hydrogens is 262 g/mol. The van der Waals surface area contributed by atoms with Gasteiger partial charge in [-0.25, -0.2) is 4.79 Å². The molecule has 0 saturated carbocycles. The van der Waals surface area contributed by atoms with Gasteiger partial charge in [-0.1, -0.05) is 11.6 Å². The Morgan fingerprint density at radius 2 is 1.95 bits per heavy atom. The number of nitrogens with zero attached hydrogens (tertiary/aromatic N) is 1. The average molecular weight is 282 g/mol. The summed E-state index contributed by atoms with van der Waals surface area (Å²) in [6, 6.07) is 6.94. The first-order valence-corrected chi connectivity index (χ1v) is 7.00. The fraction of sp³-hybridized carbons (Fsp3) is 0.500. The molecule has 0 atom stereocenters. The summed E-state index contributed by atoms with van der Waals surface area (Å²) in [5.41, 5.74) is 0.755. The van der Waals surface area contributed by atoms with Gasteiger partial charge < -0.3 is 15.5 Å². The Balaban J connectivity index is 1.71. The van der Waals surface area contributed by atoms with Crippen LogP contribution in [0.5, 0.6) is 0 Å². The lowest BCUT2D eigenvalue weighted by molar-refractivity contribution is 0.213. The summed E-state index contributed by atoms with van der Waals surface area (Å²) in [6.45, 7) is 2.98. The highest BCUT2D eigenvalue weighted by atomic mass is 35.5. The molecule has 2 rings (SSSR count). The van der Waals surface area contributed by atoms with Crippen LogP contribution in [0.3, 0.4) is 0 Å². The Kier molecular flexibility index (Phi) is 5.05. The Morgan fingerprint density at radius 3 is 2.58 bits per heavy atom. The second-order valence-corrected chi connectivity index (χ2v) is 5.53. The summed E-state index contributed by atoms with van der Waals surface area (Å²) in [7, 11) is 2.14. The van der Waals surface area contributed by atoms with Crippen LogP contribution in [0.25, 0.3) is 0 Å². The molecule has 0 aliphatic carbocycles. The number of likely N-dealkylation sites (tertiary alicyclic amines) is 1. The van der Waals surface area contributed by atoms with Crippen molar-refractivity contribution in [3.8, 4) is 0 Å². The molecule has 1 heterocycles. The van der Waals surface area contributed by atoms with E-state index in [-0.39, 0.29) is 6.03 Å². The molecule has 2 amide bonds. The zero-order valence-corrected chi connectivity index (χ0v) is 11.9. The van der Waals surface area contributed by atoms with E-state index in [1.54, 1.807) is 24.3 Å². The lowest BCUT2D eigenvalue weighted by Gasteiger charge is -2.28. The van der Waals surface area contributed by atoms with Gasteiger partial charge in [0.2, 0.25) is 0 Å². The van der Waals surface area contributed by atoms with Gasteiger partial charge in [0.05, 0.1) is 0 Å². The smallest absolute Gasteiger partial charge is 0.319 e. The fourth-order valence-electron chi connectivity index (χ4n) is 2.21. The molecule has 1 aliphatic rings. The Bertz CT molecular complexity index is 413. The summed E-state index contributed by atoms with van der Waals surface area (Å²) in [4.78, 5) is 14.1. The van der Waals surface area contributed by atoms with Crippen LogP contribution in [-0.4, -0.2) is 37.6 Å². The van der Waals surface area contributed by atoms with Gasteiger partial charge in [-0.05, 0) is 63.2 Å². The van der Waals surface area contributed by atoms with Gasteiger partial charge in [0.25, 0.3) is 0 Å². The highest BCUT2D eigenvalue weighted by Crippen LogP contribution is 2.15. The molecule has 0 unspecified atom stereocenters. The number of carbonyl (C=O) groups excluding carboxylic acids is 1. The highest BCUT2D eigenvalue weighted by molar-refractivity contribution is 6.30. The lowest BCUT2D eigenvalue weighted by atomic mass is 9.97. The highest BCUT2D eigenvalue weighted by Gasteiger charge is 2.17. The van der Waals surface area contributed by atoms with Crippen molar-refractivity contribution in [2.24, 2.45) is 5.92 Å². The number of hydrogen-bond acceptors (Lipinski definition) is 2. The maximum atomic E-state index is 11.7. The van der Waals surface area contributed by atoms with Gasteiger partial charge in [-0.3, -0.25) is 0 Å². The molecule has 19 heavy (non-hydrogen) atoms. The number of amides is 2. The average Bonchev–Trinajstić information content (AvgIpc) is 2.41. The van der Waals surface area contributed by atoms with Crippen LogP contribution in [0.1, 0.15) is 12.8 Å². The summed E-state index contributed by atoms with van der Waals surface area (Å²) >= 11 is 5.79. The number of piperidine rings is 1. The maximum Gasteiger partial charge on any atom is 0.319 e. The van der Waals surface area contributed by atoms with Crippen LogP contribution in [0.4, 0.5) is 10.5 Å². The molecule has 0 aromatic heterocycles. The van der Waals surface area contributed by atoms with E-state index in [0.29, 0.717) is 10.9 Å². The molecule has 1 fully saturated rings. The first-order valence-electron chi connectivity index (χ1n) is 6.62. The van der Waals surface area contributed by atoms with E-state index in [1.807, 2.05) is 0 Å². The summed E-state index contributed by atoms with van der Waals surface area (Å²) in [6.07, 6.45) is 2.30. The van der Waals surface area contributed by atoms with Gasteiger partial charge in [-0.2, -0.15) is 0 Å². The second-order valence-electron chi connectivity index (χ2n) is 5.09. The van der Waals surface area contributed by atoms with Crippen molar-refractivity contribution in [1.82, 2.24) is 10.2 Å². The predicted molar refractivity (Wildman–Crippen MR) is 78.7 cm³/mol. The van der Waals surface area contributed by atoms with Gasteiger partial charge in [0.15, 0.2) is 0 Å². The molecule has 1 aromatic carbocycles. The van der Waals surface area contributed by atoms with Crippen molar-refractivity contribution >= 4 is 23.3 Å². The summed E-state index contributed by atoms with van der Waals surface area (Å²) < 4.78 is 0. The Morgan fingerprint density at radius 1 is 1.32 bits per heavy atom. The van der Waals surface area contributed by atoms with E-state index in [9.17, 15) is 4.79 Å². The number of urea groups is 1. The molecule has 0 radical (unpaired) electrons.